The number of nitrogens with zero attached hydrogens (tertiary/aromatic N) is 3. The molecule has 4 rings (SSSR count). The van der Waals surface area contributed by atoms with Crippen molar-refractivity contribution in [2.24, 2.45) is 0 Å². The van der Waals surface area contributed by atoms with Gasteiger partial charge in [0.15, 0.2) is 10.6 Å². The van der Waals surface area contributed by atoms with E-state index < -0.39 is 27.3 Å². The highest BCUT2D eigenvalue weighted by Crippen LogP contribution is 2.35. The van der Waals surface area contributed by atoms with Crippen molar-refractivity contribution in [3.8, 4) is 11.1 Å². The zero-order valence-electron chi connectivity index (χ0n) is 21.5. The van der Waals surface area contributed by atoms with E-state index >= 15 is 0 Å². The third-order valence-electron chi connectivity index (χ3n) is 6.52. The second kappa shape index (κ2) is 10.3. The molecule has 0 aliphatic carbocycles. The maximum absolute atomic E-state index is 14.6. The number of carbonyl (C=O) groups excluding carboxylic acids is 1. The van der Waals surface area contributed by atoms with Crippen molar-refractivity contribution in [3.63, 3.8) is 0 Å². The van der Waals surface area contributed by atoms with Crippen LogP contribution in [0.1, 0.15) is 49.2 Å². The van der Waals surface area contributed by atoms with Crippen LogP contribution in [-0.4, -0.2) is 49.4 Å². The summed E-state index contributed by atoms with van der Waals surface area (Å²) in [5.41, 5.74) is 2.91. The lowest BCUT2D eigenvalue weighted by Gasteiger charge is -2.39. The summed E-state index contributed by atoms with van der Waals surface area (Å²) in [6.45, 7) is 8.40. The number of benzene rings is 1. The quantitative estimate of drug-likeness (QED) is 0.451. The standard InChI is InChI=1S/C26H31FN4O5S/c1-6-31-23(26(35-5)14-36-15-26)13-25(29-31)37(33,34)30-24(32)12-22-20(16(2)3)10-19(27)11-21(22)18-7-8-28-17(4)9-18/h7-11,13,16H,6,12,14-15H2,1-5H3,(H,30,32). The monoisotopic (exact) mass is 530 g/mol. The predicted molar refractivity (Wildman–Crippen MR) is 135 cm³/mol. The fraction of sp³-hybridized carbons (Fsp3) is 0.423. The molecule has 2 aromatic heterocycles. The van der Waals surface area contributed by atoms with Crippen molar-refractivity contribution < 1.29 is 27.1 Å². The lowest BCUT2D eigenvalue weighted by Crippen LogP contribution is -2.49. The number of hydrogen-bond donors (Lipinski definition) is 1. The summed E-state index contributed by atoms with van der Waals surface area (Å²) in [7, 11) is -2.75. The van der Waals surface area contributed by atoms with Crippen molar-refractivity contribution in [3.05, 3.63) is 64.9 Å². The minimum Gasteiger partial charge on any atom is -0.374 e. The van der Waals surface area contributed by atoms with Crippen molar-refractivity contribution in [2.45, 2.75) is 57.2 Å². The SMILES string of the molecule is CCn1nc(S(=O)(=O)NC(=O)Cc2c(-c3ccnc(C)c3)cc(F)cc2C(C)C)cc1C1(OC)COC1. The number of aromatic nitrogens is 3. The van der Waals surface area contributed by atoms with Gasteiger partial charge in [-0.3, -0.25) is 14.5 Å². The molecule has 3 aromatic rings. The van der Waals surface area contributed by atoms with Gasteiger partial charge in [-0.1, -0.05) is 13.8 Å². The van der Waals surface area contributed by atoms with Gasteiger partial charge in [0.25, 0.3) is 10.0 Å². The lowest BCUT2D eigenvalue weighted by atomic mass is 9.88. The number of rotatable bonds is 9. The molecule has 11 heteroatoms. The summed E-state index contributed by atoms with van der Waals surface area (Å²) in [6, 6.07) is 7.69. The van der Waals surface area contributed by atoms with Crippen LogP contribution in [0.3, 0.4) is 0 Å². The minimum atomic E-state index is -4.28. The number of pyridine rings is 1. The Morgan fingerprint density at radius 3 is 2.57 bits per heavy atom. The first kappa shape index (κ1) is 26.9. The number of aryl methyl sites for hydroxylation is 2. The maximum atomic E-state index is 14.6. The molecule has 1 N–H and O–H groups in total. The van der Waals surface area contributed by atoms with Crippen LogP contribution in [0.5, 0.6) is 0 Å². The van der Waals surface area contributed by atoms with E-state index in [0.717, 1.165) is 5.69 Å². The molecule has 0 spiro atoms. The molecule has 0 atom stereocenters. The van der Waals surface area contributed by atoms with Gasteiger partial charge in [0.05, 0.1) is 25.3 Å². The summed E-state index contributed by atoms with van der Waals surface area (Å²) < 4.78 is 55.5. The molecule has 9 nitrogen and oxygen atoms in total. The Kier molecular flexibility index (Phi) is 7.50. The molecule has 1 aliphatic rings. The molecular formula is C26H31FN4O5S. The molecule has 3 heterocycles. The van der Waals surface area contributed by atoms with E-state index in [1.807, 2.05) is 27.7 Å². The third kappa shape index (κ3) is 5.29. The molecule has 1 amide bonds. The van der Waals surface area contributed by atoms with Crippen LogP contribution in [0.15, 0.2) is 41.6 Å². The molecule has 37 heavy (non-hydrogen) atoms. The first-order valence-electron chi connectivity index (χ1n) is 12.0. The van der Waals surface area contributed by atoms with E-state index in [0.29, 0.717) is 34.5 Å². The largest absolute Gasteiger partial charge is 0.374 e. The second-order valence-electron chi connectivity index (χ2n) is 9.44. The van der Waals surface area contributed by atoms with Crippen molar-refractivity contribution in [2.75, 3.05) is 20.3 Å². The summed E-state index contributed by atoms with van der Waals surface area (Å²) in [5.74, 6) is -1.29. The predicted octanol–water partition coefficient (Wildman–Crippen LogP) is 3.46. The minimum absolute atomic E-state index is 0.102. The van der Waals surface area contributed by atoms with Gasteiger partial charge in [0.1, 0.15) is 5.82 Å². The van der Waals surface area contributed by atoms with Crippen LogP contribution in [0.2, 0.25) is 0 Å². The molecule has 198 valence electrons. The highest BCUT2D eigenvalue weighted by molar-refractivity contribution is 7.90. The highest BCUT2D eigenvalue weighted by atomic mass is 32.2. The Labute approximate surface area is 216 Å². The number of amides is 1. The van der Waals surface area contributed by atoms with Crippen LogP contribution in [0.4, 0.5) is 4.39 Å². The van der Waals surface area contributed by atoms with Gasteiger partial charge < -0.3 is 9.47 Å². The van der Waals surface area contributed by atoms with Crippen molar-refractivity contribution in [1.82, 2.24) is 19.5 Å². The Morgan fingerprint density at radius 2 is 2.00 bits per heavy atom. The number of ether oxygens (including phenoxy) is 2. The van der Waals surface area contributed by atoms with Crippen LogP contribution in [0, 0.1) is 12.7 Å². The molecule has 1 saturated heterocycles. The number of nitrogens with one attached hydrogen (secondary N) is 1. The summed E-state index contributed by atoms with van der Waals surface area (Å²) in [6.07, 6.45) is 1.35. The summed E-state index contributed by atoms with van der Waals surface area (Å²) in [5, 5.41) is 3.93. The molecule has 1 fully saturated rings. The van der Waals surface area contributed by atoms with Crippen LogP contribution >= 0.6 is 0 Å². The van der Waals surface area contributed by atoms with E-state index in [4.69, 9.17) is 9.47 Å². The lowest BCUT2D eigenvalue weighted by molar-refractivity contribution is -0.206. The zero-order valence-corrected chi connectivity index (χ0v) is 22.4. The first-order chi connectivity index (χ1) is 17.5. The number of sulfonamides is 1. The maximum Gasteiger partial charge on any atom is 0.283 e. The van der Waals surface area contributed by atoms with Crippen LogP contribution in [-0.2, 0) is 42.9 Å². The Morgan fingerprint density at radius 1 is 1.27 bits per heavy atom. The zero-order chi connectivity index (χ0) is 27.0. The molecule has 0 radical (unpaired) electrons. The Hall–Kier alpha value is -3.15. The average molecular weight is 531 g/mol. The van der Waals surface area contributed by atoms with Gasteiger partial charge in [-0.2, -0.15) is 13.5 Å². The number of halogens is 1. The van der Waals surface area contributed by atoms with Gasteiger partial charge in [0, 0.05) is 31.6 Å². The van der Waals surface area contributed by atoms with E-state index in [1.54, 1.807) is 18.3 Å². The third-order valence-corrected chi connectivity index (χ3v) is 7.77. The molecular weight excluding hydrogens is 499 g/mol. The normalized spacial score (nSPS) is 15.0. The van der Waals surface area contributed by atoms with Gasteiger partial charge >= 0.3 is 0 Å². The van der Waals surface area contributed by atoms with E-state index in [9.17, 15) is 17.6 Å². The fourth-order valence-electron chi connectivity index (χ4n) is 4.53. The van der Waals surface area contributed by atoms with E-state index in [-0.39, 0.29) is 30.6 Å². The molecule has 0 bridgehead atoms. The number of carbonyl (C=O) groups is 1. The van der Waals surface area contributed by atoms with Crippen LogP contribution in [0.25, 0.3) is 11.1 Å². The Bertz CT molecular complexity index is 1430. The van der Waals surface area contributed by atoms with Crippen LogP contribution < -0.4 is 4.72 Å². The molecule has 0 saturated carbocycles. The van der Waals surface area contributed by atoms with Crippen molar-refractivity contribution >= 4 is 15.9 Å². The average Bonchev–Trinajstić information content (AvgIpc) is 3.25. The van der Waals surface area contributed by atoms with Gasteiger partial charge in [0.2, 0.25) is 5.91 Å². The molecule has 1 aliphatic heterocycles. The highest BCUT2D eigenvalue weighted by Gasteiger charge is 2.44. The van der Waals surface area contributed by atoms with Crippen molar-refractivity contribution in [1.29, 1.82) is 0 Å². The van der Waals surface area contributed by atoms with E-state index in [1.165, 1.54) is 30.0 Å². The van der Waals surface area contributed by atoms with Gasteiger partial charge in [-0.15, -0.1) is 0 Å². The fourth-order valence-corrected chi connectivity index (χ4v) is 5.48. The summed E-state index contributed by atoms with van der Waals surface area (Å²) in [4.78, 5) is 17.3. The first-order valence-corrected chi connectivity index (χ1v) is 13.5. The van der Waals surface area contributed by atoms with Gasteiger partial charge in [-0.25, -0.2) is 9.11 Å². The number of hydrogen-bond acceptors (Lipinski definition) is 7. The molecule has 0 unspecified atom stereocenters. The number of methoxy groups -OCH3 is 1. The smallest absolute Gasteiger partial charge is 0.283 e. The second-order valence-corrected chi connectivity index (χ2v) is 11.1. The van der Waals surface area contributed by atoms with Gasteiger partial charge in [-0.05, 0) is 66.3 Å². The summed E-state index contributed by atoms with van der Waals surface area (Å²) >= 11 is 0. The molecule has 1 aromatic carbocycles. The Balaban J connectivity index is 1.66. The van der Waals surface area contributed by atoms with E-state index in [2.05, 4.69) is 14.8 Å². The topological polar surface area (TPSA) is 112 Å².